The number of benzene rings is 1. The summed E-state index contributed by atoms with van der Waals surface area (Å²) in [6, 6.07) is 4.88. The standard InChI is InChI=1S/C17H23FN2O3S/c18-15-6-8-16(9-7-15)24(22,23)20-11-3-10-19(12-13-20)17(21)14-4-1-2-5-14/h6-9,14H,1-5,10-13H2. The fourth-order valence-electron chi connectivity index (χ4n) is 3.54. The monoisotopic (exact) mass is 354 g/mol. The molecule has 2 aliphatic rings. The largest absolute Gasteiger partial charge is 0.341 e. The van der Waals surface area contributed by atoms with Crippen molar-refractivity contribution in [2.24, 2.45) is 5.92 Å². The van der Waals surface area contributed by atoms with Crippen LogP contribution in [0.5, 0.6) is 0 Å². The molecule has 5 nitrogen and oxygen atoms in total. The van der Waals surface area contributed by atoms with E-state index in [9.17, 15) is 17.6 Å². The molecule has 1 aromatic rings. The molecule has 2 fully saturated rings. The van der Waals surface area contributed by atoms with Gasteiger partial charge in [0.2, 0.25) is 15.9 Å². The van der Waals surface area contributed by atoms with Crippen molar-refractivity contribution < 1.29 is 17.6 Å². The van der Waals surface area contributed by atoms with Crippen LogP contribution < -0.4 is 0 Å². The predicted octanol–water partition coefficient (Wildman–Crippen LogP) is 2.24. The van der Waals surface area contributed by atoms with Gasteiger partial charge in [-0.3, -0.25) is 4.79 Å². The van der Waals surface area contributed by atoms with Crippen LogP contribution in [-0.4, -0.2) is 49.7 Å². The summed E-state index contributed by atoms with van der Waals surface area (Å²) in [6.45, 7) is 1.70. The van der Waals surface area contributed by atoms with Gasteiger partial charge in [-0.2, -0.15) is 4.31 Å². The smallest absolute Gasteiger partial charge is 0.243 e. The molecule has 1 amide bonds. The summed E-state index contributed by atoms with van der Waals surface area (Å²) in [7, 11) is -3.64. The Balaban J connectivity index is 1.68. The first kappa shape index (κ1) is 17.4. The summed E-state index contributed by atoms with van der Waals surface area (Å²) in [4.78, 5) is 14.4. The van der Waals surface area contributed by atoms with Gasteiger partial charge in [0.1, 0.15) is 5.82 Å². The normalized spacial score (nSPS) is 21.0. The molecule has 132 valence electrons. The number of hydrogen-bond donors (Lipinski definition) is 0. The summed E-state index contributed by atoms with van der Waals surface area (Å²) < 4.78 is 39.8. The molecule has 1 saturated carbocycles. The van der Waals surface area contributed by atoms with E-state index in [4.69, 9.17) is 0 Å². The van der Waals surface area contributed by atoms with Crippen LogP contribution in [0.15, 0.2) is 29.2 Å². The van der Waals surface area contributed by atoms with Crippen LogP contribution in [0.2, 0.25) is 0 Å². The van der Waals surface area contributed by atoms with Crippen LogP contribution in [0.1, 0.15) is 32.1 Å². The molecule has 1 heterocycles. The van der Waals surface area contributed by atoms with Crippen LogP contribution in [-0.2, 0) is 14.8 Å². The maximum absolute atomic E-state index is 13.0. The van der Waals surface area contributed by atoms with Crippen LogP contribution >= 0.6 is 0 Å². The molecule has 24 heavy (non-hydrogen) atoms. The highest BCUT2D eigenvalue weighted by Crippen LogP contribution is 2.27. The van der Waals surface area contributed by atoms with Crippen LogP contribution in [0, 0.1) is 11.7 Å². The van der Waals surface area contributed by atoms with Crippen molar-refractivity contribution in [3.63, 3.8) is 0 Å². The quantitative estimate of drug-likeness (QED) is 0.836. The summed E-state index contributed by atoms with van der Waals surface area (Å²) >= 11 is 0. The van der Waals surface area contributed by atoms with Gasteiger partial charge in [0, 0.05) is 32.1 Å². The number of rotatable bonds is 3. The van der Waals surface area contributed by atoms with Crippen molar-refractivity contribution in [1.82, 2.24) is 9.21 Å². The number of carbonyl (C=O) groups excluding carboxylic acids is 1. The van der Waals surface area contributed by atoms with E-state index in [1.54, 1.807) is 0 Å². The lowest BCUT2D eigenvalue weighted by Crippen LogP contribution is -2.39. The lowest BCUT2D eigenvalue weighted by atomic mass is 10.1. The third-order valence-electron chi connectivity index (χ3n) is 4.92. The zero-order valence-corrected chi connectivity index (χ0v) is 14.5. The van der Waals surface area contributed by atoms with Crippen LogP contribution in [0.3, 0.4) is 0 Å². The predicted molar refractivity (Wildman–Crippen MR) is 88.3 cm³/mol. The molecule has 0 spiro atoms. The SMILES string of the molecule is O=C(C1CCCC1)N1CCCN(S(=O)(=O)c2ccc(F)cc2)CC1. The Labute approximate surface area is 142 Å². The van der Waals surface area contributed by atoms with Crippen molar-refractivity contribution >= 4 is 15.9 Å². The number of amides is 1. The Bertz CT molecular complexity index is 684. The summed E-state index contributed by atoms with van der Waals surface area (Å²) in [5.74, 6) is -0.170. The topological polar surface area (TPSA) is 57.7 Å². The molecule has 3 rings (SSSR count). The number of hydrogen-bond acceptors (Lipinski definition) is 3. The van der Waals surface area contributed by atoms with Crippen molar-refractivity contribution in [2.75, 3.05) is 26.2 Å². The van der Waals surface area contributed by atoms with Gasteiger partial charge >= 0.3 is 0 Å². The average molecular weight is 354 g/mol. The summed E-state index contributed by atoms with van der Waals surface area (Å²) in [6.07, 6.45) is 4.74. The van der Waals surface area contributed by atoms with E-state index < -0.39 is 15.8 Å². The first-order valence-electron chi connectivity index (χ1n) is 8.53. The molecule has 1 aliphatic heterocycles. The van der Waals surface area contributed by atoms with Crippen molar-refractivity contribution in [3.8, 4) is 0 Å². The molecule has 0 radical (unpaired) electrons. The van der Waals surface area contributed by atoms with E-state index in [-0.39, 0.29) is 23.3 Å². The molecule has 1 saturated heterocycles. The lowest BCUT2D eigenvalue weighted by molar-refractivity contribution is -0.135. The second kappa shape index (κ2) is 7.19. The number of halogens is 1. The highest BCUT2D eigenvalue weighted by Gasteiger charge is 2.31. The van der Waals surface area contributed by atoms with Crippen LogP contribution in [0.4, 0.5) is 4.39 Å². The summed E-state index contributed by atoms with van der Waals surface area (Å²) in [5, 5.41) is 0. The molecule has 0 atom stereocenters. The minimum atomic E-state index is -3.64. The summed E-state index contributed by atoms with van der Waals surface area (Å²) in [5.41, 5.74) is 0. The van der Waals surface area contributed by atoms with Gasteiger partial charge in [-0.25, -0.2) is 12.8 Å². The zero-order chi connectivity index (χ0) is 17.2. The Kier molecular flexibility index (Phi) is 5.20. The molecule has 0 aromatic heterocycles. The average Bonchev–Trinajstić information content (AvgIpc) is 2.98. The lowest BCUT2D eigenvalue weighted by Gasteiger charge is -2.24. The van der Waals surface area contributed by atoms with E-state index in [1.807, 2.05) is 4.90 Å². The molecular formula is C17H23FN2O3S. The van der Waals surface area contributed by atoms with E-state index >= 15 is 0 Å². The molecule has 0 N–H and O–H groups in total. The molecule has 7 heteroatoms. The van der Waals surface area contributed by atoms with E-state index in [2.05, 4.69) is 0 Å². The highest BCUT2D eigenvalue weighted by atomic mass is 32.2. The fraction of sp³-hybridized carbons (Fsp3) is 0.588. The molecule has 1 aliphatic carbocycles. The second-order valence-electron chi connectivity index (χ2n) is 6.52. The van der Waals surface area contributed by atoms with Gasteiger partial charge in [0.15, 0.2) is 0 Å². The second-order valence-corrected chi connectivity index (χ2v) is 8.46. The first-order chi connectivity index (χ1) is 11.5. The van der Waals surface area contributed by atoms with Gasteiger partial charge in [-0.1, -0.05) is 12.8 Å². The first-order valence-corrected chi connectivity index (χ1v) is 9.97. The third kappa shape index (κ3) is 3.62. The van der Waals surface area contributed by atoms with E-state index in [1.165, 1.54) is 16.4 Å². The van der Waals surface area contributed by atoms with Crippen molar-refractivity contribution in [2.45, 2.75) is 37.0 Å². The fourth-order valence-corrected chi connectivity index (χ4v) is 5.01. The molecule has 0 bridgehead atoms. The maximum atomic E-state index is 13.0. The Morgan fingerprint density at radius 3 is 2.29 bits per heavy atom. The molecular weight excluding hydrogens is 331 g/mol. The van der Waals surface area contributed by atoms with Crippen molar-refractivity contribution in [1.29, 1.82) is 0 Å². The third-order valence-corrected chi connectivity index (χ3v) is 6.84. The Morgan fingerprint density at radius 2 is 1.62 bits per heavy atom. The Morgan fingerprint density at radius 1 is 0.958 bits per heavy atom. The van der Waals surface area contributed by atoms with Crippen molar-refractivity contribution in [3.05, 3.63) is 30.1 Å². The number of nitrogens with zero attached hydrogens (tertiary/aromatic N) is 2. The minimum absolute atomic E-state index is 0.0967. The van der Waals surface area contributed by atoms with Crippen LogP contribution in [0.25, 0.3) is 0 Å². The highest BCUT2D eigenvalue weighted by molar-refractivity contribution is 7.89. The van der Waals surface area contributed by atoms with Gasteiger partial charge in [0.25, 0.3) is 0 Å². The maximum Gasteiger partial charge on any atom is 0.243 e. The van der Waals surface area contributed by atoms with Gasteiger partial charge < -0.3 is 4.90 Å². The van der Waals surface area contributed by atoms with Gasteiger partial charge in [-0.05, 0) is 43.5 Å². The minimum Gasteiger partial charge on any atom is -0.341 e. The molecule has 0 unspecified atom stereocenters. The molecule has 1 aromatic carbocycles. The van der Waals surface area contributed by atoms with E-state index in [0.717, 1.165) is 37.8 Å². The van der Waals surface area contributed by atoms with Gasteiger partial charge in [0.05, 0.1) is 4.90 Å². The number of sulfonamides is 1. The number of carbonyl (C=O) groups is 1. The zero-order valence-electron chi connectivity index (χ0n) is 13.7. The van der Waals surface area contributed by atoms with Gasteiger partial charge in [-0.15, -0.1) is 0 Å². The van der Waals surface area contributed by atoms with E-state index in [0.29, 0.717) is 26.1 Å². The Hall–Kier alpha value is -1.47.